The van der Waals surface area contributed by atoms with Crippen LogP contribution >= 0.6 is 0 Å². The zero-order valence-electron chi connectivity index (χ0n) is 12.9. The first kappa shape index (κ1) is 14.5. The van der Waals surface area contributed by atoms with E-state index in [1.54, 1.807) is 7.11 Å². The molecule has 1 aromatic rings. The fourth-order valence-electron chi connectivity index (χ4n) is 3.29. The Balaban J connectivity index is 1.77. The summed E-state index contributed by atoms with van der Waals surface area (Å²) in [5.41, 5.74) is 2.55. The Hall–Kier alpha value is -1.40. The molecule has 6 nitrogen and oxygen atoms in total. The number of nitrogens with one attached hydrogen (secondary N) is 1. The Kier molecular flexibility index (Phi) is 3.99. The highest BCUT2D eigenvalue weighted by Gasteiger charge is 2.32. The minimum absolute atomic E-state index is 0.0305. The molecule has 0 aliphatic carbocycles. The van der Waals surface area contributed by atoms with Gasteiger partial charge in [-0.15, -0.1) is 0 Å². The standard InChI is InChI=1S/C15H23N3O3/c1-9-8-12-13(10(2)21-9)16-17-14(12)15(19)18-6-4-11(20-3)5-7-18/h9-11H,4-8H2,1-3H3,(H,16,17)/t9-,10+/m0/s1. The number of hydrogen-bond acceptors (Lipinski definition) is 4. The summed E-state index contributed by atoms with van der Waals surface area (Å²) in [6, 6.07) is 0. The molecule has 0 radical (unpaired) electrons. The van der Waals surface area contributed by atoms with Gasteiger partial charge in [0.05, 0.1) is 24.0 Å². The number of piperidine rings is 1. The lowest BCUT2D eigenvalue weighted by atomic mass is 9.99. The number of nitrogens with zero attached hydrogens (tertiary/aromatic N) is 2. The number of fused-ring (bicyclic) bond motifs is 1. The number of H-pyrrole nitrogens is 1. The average molecular weight is 293 g/mol. The fraction of sp³-hybridized carbons (Fsp3) is 0.733. The Morgan fingerprint density at radius 2 is 2.10 bits per heavy atom. The Labute approximate surface area is 124 Å². The van der Waals surface area contributed by atoms with Crippen molar-refractivity contribution in [2.75, 3.05) is 20.2 Å². The minimum atomic E-state index is -0.0305. The molecule has 3 rings (SSSR count). The van der Waals surface area contributed by atoms with Crippen molar-refractivity contribution in [3.63, 3.8) is 0 Å². The number of amides is 1. The van der Waals surface area contributed by atoms with Gasteiger partial charge in [0, 0.05) is 32.2 Å². The number of carbonyl (C=O) groups excluding carboxylic acids is 1. The summed E-state index contributed by atoms with van der Waals surface area (Å²) in [6.45, 7) is 5.50. The van der Waals surface area contributed by atoms with Crippen molar-refractivity contribution in [2.45, 2.75) is 51.4 Å². The summed E-state index contributed by atoms with van der Waals surface area (Å²) in [5, 5.41) is 7.26. The van der Waals surface area contributed by atoms with E-state index in [2.05, 4.69) is 10.2 Å². The molecule has 0 saturated carbocycles. The lowest BCUT2D eigenvalue weighted by Gasteiger charge is -2.31. The molecule has 0 spiro atoms. The van der Waals surface area contributed by atoms with Crippen LogP contribution in [0.3, 0.4) is 0 Å². The summed E-state index contributed by atoms with van der Waals surface area (Å²) in [5.74, 6) is 0.0309. The molecule has 2 atom stereocenters. The van der Waals surface area contributed by atoms with Crippen LogP contribution in [0.15, 0.2) is 0 Å². The van der Waals surface area contributed by atoms with Crippen molar-refractivity contribution in [2.24, 2.45) is 0 Å². The highest BCUT2D eigenvalue weighted by molar-refractivity contribution is 5.94. The van der Waals surface area contributed by atoms with Gasteiger partial charge in [0.1, 0.15) is 0 Å². The SMILES string of the molecule is COC1CCN(C(=O)c2n[nH]c3c2C[C@H](C)O[C@@H]3C)CC1. The zero-order valence-corrected chi connectivity index (χ0v) is 12.9. The number of aromatic amines is 1. The van der Waals surface area contributed by atoms with Gasteiger partial charge in [0.25, 0.3) is 5.91 Å². The molecule has 1 N–H and O–H groups in total. The molecule has 0 bridgehead atoms. The largest absolute Gasteiger partial charge is 0.381 e. The molecule has 3 heterocycles. The molecule has 21 heavy (non-hydrogen) atoms. The van der Waals surface area contributed by atoms with Gasteiger partial charge in [-0.3, -0.25) is 9.89 Å². The zero-order chi connectivity index (χ0) is 15.0. The molecule has 1 aromatic heterocycles. The highest BCUT2D eigenvalue weighted by atomic mass is 16.5. The van der Waals surface area contributed by atoms with E-state index in [0.717, 1.165) is 43.6 Å². The van der Waals surface area contributed by atoms with Crippen LogP contribution in [0.25, 0.3) is 0 Å². The van der Waals surface area contributed by atoms with Crippen molar-refractivity contribution in [1.82, 2.24) is 15.1 Å². The third kappa shape index (κ3) is 2.70. The quantitative estimate of drug-likeness (QED) is 0.901. The molecule has 1 fully saturated rings. The van der Waals surface area contributed by atoms with E-state index in [-0.39, 0.29) is 24.2 Å². The molecular formula is C15H23N3O3. The highest BCUT2D eigenvalue weighted by Crippen LogP contribution is 2.31. The third-order valence-electron chi connectivity index (χ3n) is 4.50. The van der Waals surface area contributed by atoms with Gasteiger partial charge in [-0.2, -0.15) is 5.10 Å². The number of methoxy groups -OCH3 is 1. The van der Waals surface area contributed by atoms with E-state index in [1.165, 1.54) is 0 Å². The number of aromatic nitrogens is 2. The summed E-state index contributed by atoms with van der Waals surface area (Å²) in [4.78, 5) is 14.6. The smallest absolute Gasteiger partial charge is 0.274 e. The van der Waals surface area contributed by atoms with Gasteiger partial charge in [0.15, 0.2) is 5.69 Å². The minimum Gasteiger partial charge on any atom is -0.381 e. The molecule has 1 amide bonds. The van der Waals surface area contributed by atoms with Gasteiger partial charge >= 0.3 is 0 Å². The fourth-order valence-corrected chi connectivity index (χ4v) is 3.29. The molecule has 6 heteroatoms. The molecule has 116 valence electrons. The monoisotopic (exact) mass is 293 g/mol. The van der Waals surface area contributed by atoms with Crippen molar-refractivity contribution in [1.29, 1.82) is 0 Å². The van der Waals surface area contributed by atoms with Gasteiger partial charge in [-0.25, -0.2) is 0 Å². The number of rotatable bonds is 2. The van der Waals surface area contributed by atoms with Gasteiger partial charge in [-0.1, -0.05) is 0 Å². The molecule has 1 saturated heterocycles. The van der Waals surface area contributed by atoms with E-state index in [0.29, 0.717) is 5.69 Å². The Bertz CT molecular complexity index is 520. The molecule has 2 aliphatic rings. The summed E-state index contributed by atoms with van der Waals surface area (Å²) >= 11 is 0. The van der Waals surface area contributed by atoms with Crippen LogP contribution in [0.1, 0.15) is 54.5 Å². The summed E-state index contributed by atoms with van der Waals surface area (Å²) in [7, 11) is 1.73. The second-order valence-electron chi connectivity index (χ2n) is 5.98. The predicted molar refractivity (Wildman–Crippen MR) is 77.2 cm³/mol. The average Bonchev–Trinajstić information content (AvgIpc) is 2.90. The second-order valence-corrected chi connectivity index (χ2v) is 5.98. The van der Waals surface area contributed by atoms with Crippen LogP contribution in [-0.4, -0.2) is 53.4 Å². The first-order valence-electron chi connectivity index (χ1n) is 7.64. The second kappa shape index (κ2) is 5.77. The van der Waals surface area contributed by atoms with Gasteiger partial charge in [-0.05, 0) is 26.7 Å². The normalized spacial score (nSPS) is 26.7. The van der Waals surface area contributed by atoms with E-state index in [1.807, 2.05) is 18.7 Å². The predicted octanol–water partition coefficient (Wildman–Crippen LogP) is 1.68. The van der Waals surface area contributed by atoms with E-state index < -0.39 is 0 Å². The van der Waals surface area contributed by atoms with Crippen LogP contribution in [-0.2, 0) is 15.9 Å². The molecular weight excluding hydrogens is 270 g/mol. The Morgan fingerprint density at radius 3 is 2.76 bits per heavy atom. The van der Waals surface area contributed by atoms with Gasteiger partial charge in [0.2, 0.25) is 0 Å². The lowest BCUT2D eigenvalue weighted by molar-refractivity contribution is -0.00706. The maximum atomic E-state index is 12.7. The number of likely N-dealkylation sites (tertiary alicyclic amines) is 1. The van der Waals surface area contributed by atoms with Crippen molar-refractivity contribution < 1.29 is 14.3 Å². The number of hydrogen-bond donors (Lipinski definition) is 1. The van der Waals surface area contributed by atoms with Crippen molar-refractivity contribution in [3.05, 3.63) is 17.0 Å². The Morgan fingerprint density at radius 1 is 1.38 bits per heavy atom. The van der Waals surface area contributed by atoms with Crippen LogP contribution in [0.2, 0.25) is 0 Å². The maximum Gasteiger partial charge on any atom is 0.274 e. The van der Waals surface area contributed by atoms with Crippen LogP contribution < -0.4 is 0 Å². The third-order valence-corrected chi connectivity index (χ3v) is 4.50. The number of carbonyl (C=O) groups is 1. The molecule has 0 unspecified atom stereocenters. The first-order valence-corrected chi connectivity index (χ1v) is 7.64. The summed E-state index contributed by atoms with van der Waals surface area (Å²) in [6.07, 6.45) is 2.89. The lowest BCUT2D eigenvalue weighted by Crippen LogP contribution is -2.41. The van der Waals surface area contributed by atoms with Crippen LogP contribution in [0.4, 0.5) is 0 Å². The molecule has 0 aromatic carbocycles. The number of ether oxygens (including phenoxy) is 2. The maximum absolute atomic E-state index is 12.7. The van der Waals surface area contributed by atoms with E-state index >= 15 is 0 Å². The van der Waals surface area contributed by atoms with E-state index in [9.17, 15) is 4.79 Å². The molecule has 2 aliphatic heterocycles. The van der Waals surface area contributed by atoms with Crippen LogP contribution in [0, 0.1) is 0 Å². The topological polar surface area (TPSA) is 67.5 Å². The van der Waals surface area contributed by atoms with Crippen molar-refractivity contribution >= 4 is 5.91 Å². The summed E-state index contributed by atoms with van der Waals surface area (Å²) < 4.78 is 11.1. The van der Waals surface area contributed by atoms with Crippen molar-refractivity contribution in [3.8, 4) is 0 Å². The van der Waals surface area contributed by atoms with E-state index in [4.69, 9.17) is 9.47 Å². The van der Waals surface area contributed by atoms with Crippen LogP contribution in [0.5, 0.6) is 0 Å². The van der Waals surface area contributed by atoms with Gasteiger partial charge < -0.3 is 14.4 Å². The first-order chi connectivity index (χ1) is 10.1.